The highest BCUT2D eigenvalue weighted by molar-refractivity contribution is 5.78. The van der Waals surface area contributed by atoms with Gasteiger partial charge in [-0.1, -0.05) is 30.3 Å². The second-order valence-electron chi connectivity index (χ2n) is 7.40. The molecule has 1 aliphatic rings. The average Bonchev–Trinajstić information content (AvgIpc) is 3.02. The minimum Gasteiger partial charge on any atom is -0.487 e. The van der Waals surface area contributed by atoms with Crippen molar-refractivity contribution in [2.45, 2.75) is 44.9 Å². The number of hydrogen-bond acceptors (Lipinski definition) is 3. The summed E-state index contributed by atoms with van der Waals surface area (Å²) in [4.78, 5) is 17.0. The molecule has 2 aromatic carbocycles. The molecule has 26 heavy (non-hydrogen) atoms. The molecule has 0 aliphatic carbocycles. The maximum atomic E-state index is 12.6. The van der Waals surface area contributed by atoms with Gasteiger partial charge in [-0.25, -0.2) is 4.98 Å². The number of imidazole rings is 1. The molecule has 3 aromatic rings. The number of amides is 1. The maximum Gasteiger partial charge on any atom is 0.222 e. The van der Waals surface area contributed by atoms with Crippen LogP contribution in [0.15, 0.2) is 54.9 Å². The Morgan fingerprint density at radius 1 is 1.23 bits per heavy atom. The minimum atomic E-state index is -0.299. The van der Waals surface area contributed by atoms with Crippen molar-refractivity contribution >= 4 is 16.9 Å². The zero-order chi connectivity index (χ0) is 18.1. The lowest BCUT2D eigenvalue weighted by Crippen LogP contribution is -2.41. The Morgan fingerprint density at radius 2 is 2.00 bits per heavy atom. The Morgan fingerprint density at radius 3 is 2.88 bits per heavy atom. The molecule has 5 nitrogen and oxygen atoms in total. The van der Waals surface area contributed by atoms with Gasteiger partial charge in [0.15, 0.2) is 0 Å². The molecule has 134 valence electrons. The maximum absolute atomic E-state index is 12.6. The molecule has 0 saturated heterocycles. The van der Waals surface area contributed by atoms with Crippen LogP contribution in [0.3, 0.4) is 0 Å². The standard InChI is InChI=1S/C21H23N3O2/c1-21(2)13-17(15-7-3-6-10-19(15)26-21)23-20(25)11-12-24-14-22-16-8-4-5-9-18(16)24/h3-10,14,17H,11-13H2,1-2H3,(H,23,25). The van der Waals surface area contributed by atoms with Crippen molar-refractivity contribution in [3.05, 3.63) is 60.4 Å². The molecule has 0 radical (unpaired) electrons. The first-order valence-electron chi connectivity index (χ1n) is 8.99. The molecule has 2 heterocycles. The van der Waals surface area contributed by atoms with Gasteiger partial charge in [-0.2, -0.15) is 0 Å². The number of hydrogen-bond donors (Lipinski definition) is 1. The molecule has 1 N–H and O–H groups in total. The third-order valence-corrected chi connectivity index (χ3v) is 4.82. The summed E-state index contributed by atoms with van der Waals surface area (Å²) in [6.45, 7) is 4.72. The summed E-state index contributed by atoms with van der Waals surface area (Å²) < 4.78 is 8.06. The number of para-hydroxylation sites is 3. The van der Waals surface area contributed by atoms with Gasteiger partial charge in [-0.15, -0.1) is 0 Å². The molecular weight excluding hydrogens is 326 g/mol. The van der Waals surface area contributed by atoms with Crippen LogP contribution in [0.4, 0.5) is 0 Å². The van der Waals surface area contributed by atoms with Crippen LogP contribution in [-0.2, 0) is 11.3 Å². The van der Waals surface area contributed by atoms with Crippen molar-refractivity contribution < 1.29 is 9.53 Å². The smallest absolute Gasteiger partial charge is 0.222 e. The Hall–Kier alpha value is -2.82. The summed E-state index contributed by atoms with van der Waals surface area (Å²) in [6.07, 6.45) is 2.97. The first-order chi connectivity index (χ1) is 12.5. The van der Waals surface area contributed by atoms with Crippen molar-refractivity contribution in [2.24, 2.45) is 0 Å². The number of aryl methyl sites for hydroxylation is 1. The van der Waals surface area contributed by atoms with E-state index in [1.165, 1.54) is 0 Å². The zero-order valence-electron chi connectivity index (χ0n) is 15.1. The number of aromatic nitrogens is 2. The summed E-state index contributed by atoms with van der Waals surface area (Å²) in [6, 6.07) is 15.9. The van der Waals surface area contributed by atoms with Gasteiger partial charge in [0, 0.05) is 24.9 Å². The van der Waals surface area contributed by atoms with Gasteiger partial charge >= 0.3 is 0 Å². The Bertz CT molecular complexity index is 945. The summed E-state index contributed by atoms with van der Waals surface area (Å²) in [7, 11) is 0. The number of nitrogens with zero attached hydrogens (tertiary/aromatic N) is 2. The van der Waals surface area contributed by atoms with Crippen LogP contribution in [0.2, 0.25) is 0 Å². The molecule has 1 atom stereocenters. The van der Waals surface area contributed by atoms with E-state index < -0.39 is 0 Å². The first kappa shape index (κ1) is 16.6. The van der Waals surface area contributed by atoms with Gasteiger partial charge < -0.3 is 14.6 Å². The van der Waals surface area contributed by atoms with E-state index in [0.717, 1.165) is 28.8 Å². The minimum absolute atomic E-state index is 0.0259. The summed E-state index contributed by atoms with van der Waals surface area (Å²) >= 11 is 0. The molecule has 1 aliphatic heterocycles. The summed E-state index contributed by atoms with van der Waals surface area (Å²) in [5.74, 6) is 0.898. The quantitative estimate of drug-likeness (QED) is 0.778. The average molecular weight is 349 g/mol. The predicted octanol–water partition coefficient (Wildman–Crippen LogP) is 3.85. The number of ether oxygens (including phenoxy) is 1. The van der Waals surface area contributed by atoms with Gasteiger partial charge in [0.25, 0.3) is 0 Å². The lowest BCUT2D eigenvalue weighted by Gasteiger charge is -2.37. The van der Waals surface area contributed by atoms with E-state index in [2.05, 4.69) is 24.1 Å². The second-order valence-corrected chi connectivity index (χ2v) is 7.40. The third kappa shape index (κ3) is 3.29. The summed E-state index contributed by atoms with van der Waals surface area (Å²) in [5, 5.41) is 3.19. The number of nitrogens with one attached hydrogen (secondary N) is 1. The van der Waals surface area contributed by atoms with Crippen LogP contribution in [-0.4, -0.2) is 21.1 Å². The van der Waals surface area contributed by atoms with Crippen molar-refractivity contribution in [2.75, 3.05) is 0 Å². The number of benzene rings is 2. The molecule has 0 spiro atoms. The van der Waals surface area contributed by atoms with Crippen LogP contribution in [0.1, 0.15) is 38.3 Å². The fourth-order valence-electron chi connectivity index (χ4n) is 3.61. The Kier molecular flexibility index (Phi) is 4.15. The molecule has 1 unspecified atom stereocenters. The largest absolute Gasteiger partial charge is 0.487 e. The highest BCUT2D eigenvalue weighted by Gasteiger charge is 2.34. The molecule has 0 saturated carbocycles. The van der Waals surface area contributed by atoms with Crippen LogP contribution in [0, 0.1) is 0 Å². The molecule has 4 rings (SSSR count). The topological polar surface area (TPSA) is 56.2 Å². The highest BCUT2D eigenvalue weighted by atomic mass is 16.5. The number of carbonyl (C=O) groups is 1. The number of fused-ring (bicyclic) bond motifs is 2. The van der Waals surface area contributed by atoms with Crippen molar-refractivity contribution in [3.63, 3.8) is 0 Å². The van der Waals surface area contributed by atoms with E-state index in [1.54, 1.807) is 6.33 Å². The van der Waals surface area contributed by atoms with Gasteiger partial charge in [0.2, 0.25) is 5.91 Å². The molecule has 1 amide bonds. The Labute approximate surface area is 153 Å². The lowest BCUT2D eigenvalue weighted by atomic mass is 9.89. The number of rotatable bonds is 4. The van der Waals surface area contributed by atoms with Gasteiger partial charge in [-0.05, 0) is 32.0 Å². The van der Waals surface area contributed by atoms with Crippen molar-refractivity contribution in [3.8, 4) is 5.75 Å². The molecule has 0 fully saturated rings. The third-order valence-electron chi connectivity index (χ3n) is 4.82. The van der Waals surface area contributed by atoms with Crippen LogP contribution >= 0.6 is 0 Å². The van der Waals surface area contributed by atoms with Gasteiger partial charge in [-0.3, -0.25) is 4.79 Å². The van der Waals surface area contributed by atoms with E-state index in [4.69, 9.17) is 4.74 Å². The molecule has 0 bridgehead atoms. The van der Waals surface area contributed by atoms with Crippen LogP contribution in [0.25, 0.3) is 11.0 Å². The fourth-order valence-corrected chi connectivity index (χ4v) is 3.61. The molecule has 5 heteroatoms. The van der Waals surface area contributed by atoms with Gasteiger partial charge in [0.1, 0.15) is 11.4 Å². The predicted molar refractivity (Wildman–Crippen MR) is 101 cm³/mol. The van der Waals surface area contributed by atoms with Crippen LogP contribution in [0.5, 0.6) is 5.75 Å². The van der Waals surface area contributed by atoms with E-state index >= 15 is 0 Å². The first-order valence-corrected chi connectivity index (χ1v) is 8.99. The van der Waals surface area contributed by atoms with Gasteiger partial charge in [0.05, 0.1) is 23.4 Å². The van der Waals surface area contributed by atoms with E-state index in [1.807, 2.05) is 53.1 Å². The fraction of sp³-hybridized carbons (Fsp3) is 0.333. The SMILES string of the molecule is CC1(C)CC(NC(=O)CCn2cnc3ccccc32)c2ccccc2O1. The summed E-state index contributed by atoms with van der Waals surface area (Å²) in [5.41, 5.74) is 2.76. The zero-order valence-corrected chi connectivity index (χ0v) is 15.1. The lowest BCUT2D eigenvalue weighted by molar-refractivity contribution is -0.122. The number of carbonyl (C=O) groups excluding carboxylic acids is 1. The molecular formula is C21H23N3O2. The van der Waals surface area contributed by atoms with Crippen LogP contribution < -0.4 is 10.1 Å². The Balaban J connectivity index is 1.45. The monoisotopic (exact) mass is 349 g/mol. The van der Waals surface area contributed by atoms with E-state index in [0.29, 0.717) is 13.0 Å². The van der Waals surface area contributed by atoms with Crippen molar-refractivity contribution in [1.29, 1.82) is 0 Å². The second kappa shape index (κ2) is 6.48. The normalized spacial score (nSPS) is 18.2. The van der Waals surface area contributed by atoms with E-state index in [9.17, 15) is 4.79 Å². The highest BCUT2D eigenvalue weighted by Crippen LogP contribution is 2.39. The van der Waals surface area contributed by atoms with Crippen molar-refractivity contribution in [1.82, 2.24) is 14.9 Å². The van der Waals surface area contributed by atoms with E-state index in [-0.39, 0.29) is 17.6 Å². The molecule has 1 aromatic heterocycles.